The van der Waals surface area contributed by atoms with Crippen molar-refractivity contribution < 1.29 is 9.47 Å². The van der Waals surface area contributed by atoms with Gasteiger partial charge in [-0.3, -0.25) is 0 Å². The normalized spacial score (nSPS) is 17.8. The summed E-state index contributed by atoms with van der Waals surface area (Å²) in [6.07, 6.45) is 6.54. The third-order valence-electron chi connectivity index (χ3n) is 3.65. The van der Waals surface area contributed by atoms with E-state index in [1.165, 1.54) is 0 Å². The Morgan fingerprint density at radius 2 is 2.41 bits per heavy atom. The van der Waals surface area contributed by atoms with E-state index in [2.05, 4.69) is 20.3 Å². The van der Waals surface area contributed by atoms with Crippen molar-refractivity contribution in [1.82, 2.24) is 19.5 Å². The van der Waals surface area contributed by atoms with Crippen LogP contribution in [0.25, 0.3) is 0 Å². The lowest BCUT2D eigenvalue weighted by molar-refractivity contribution is 0.177. The van der Waals surface area contributed by atoms with Crippen LogP contribution < -0.4 is 5.32 Å². The molecule has 0 amide bonds. The average Bonchev–Trinajstić information content (AvgIpc) is 3.21. The molecule has 7 nitrogen and oxygen atoms in total. The summed E-state index contributed by atoms with van der Waals surface area (Å²) in [6, 6.07) is 2.02. The fourth-order valence-electron chi connectivity index (χ4n) is 2.51. The lowest BCUT2D eigenvalue weighted by Crippen LogP contribution is -2.13. The highest BCUT2D eigenvalue weighted by molar-refractivity contribution is 5.37. The van der Waals surface area contributed by atoms with E-state index in [1.54, 1.807) is 19.6 Å². The number of rotatable bonds is 7. The number of nitrogens with one attached hydrogen (secondary N) is 1. The first-order chi connectivity index (χ1) is 10.8. The molecule has 1 saturated heterocycles. The Morgan fingerprint density at radius 1 is 1.45 bits per heavy atom. The second-order valence-corrected chi connectivity index (χ2v) is 5.32. The van der Waals surface area contributed by atoms with E-state index < -0.39 is 0 Å². The fourth-order valence-corrected chi connectivity index (χ4v) is 2.51. The van der Waals surface area contributed by atoms with Gasteiger partial charge in [0.1, 0.15) is 12.4 Å². The van der Waals surface area contributed by atoms with Crippen LogP contribution in [-0.4, -0.2) is 46.4 Å². The molecule has 22 heavy (non-hydrogen) atoms. The standard InChI is InChI=1S/C15H21N5O2/c1-21-10-15-18-13(12-2-7-22-9-12)8-14(19-15)17-4-6-20-5-3-16-11-20/h3,5,8,11-12H,2,4,6-7,9-10H2,1H3,(H,17,18,19)/t12-/m1/s1. The zero-order chi connectivity index (χ0) is 15.2. The third kappa shape index (κ3) is 3.80. The minimum atomic E-state index is 0.354. The molecule has 0 saturated carbocycles. The van der Waals surface area contributed by atoms with Crippen LogP contribution in [0.5, 0.6) is 0 Å². The van der Waals surface area contributed by atoms with Gasteiger partial charge in [0.25, 0.3) is 0 Å². The molecule has 0 radical (unpaired) electrons. The molecule has 1 aliphatic rings. The number of ether oxygens (including phenoxy) is 2. The van der Waals surface area contributed by atoms with Crippen LogP contribution in [0.2, 0.25) is 0 Å². The predicted octanol–water partition coefficient (Wildman–Crippen LogP) is 1.44. The Balaban J connectivity index is 1.68. The van der Waals surface area contributed by atoms with Gasteiger partial charge in [0.15, 0.2) is 5.82 Å². The Kier molecular flexibility index (Phi) is 4.97. The summed E-state index contributed by atoms with van der Waals surface area (Å²) in [4.78, 5) is 13.1. The van der Waals surface area contributed by atoms with E-state index in [9.17, 15) is 0 Å². The number of hydrogen-bond acceptors (Lipinski definition) is 6. The second kappa shape index (κ2) is 7.33. The first-order valence-electron chi connectivity index (χ1n) is 7.49. The molecule has 3 rings (SSSR count). The molecule has 0 bridgehead atoms. The van der Waals surface area contributed by atoms with Gasteiger partial charge in [-0.1, -0.05) is 0 Å². The Labute approximate surface area is 129 Å². The molecule has 1 fully saturated rings. The van der Waals surface area contributed by atoms with E-state index in [-0.39, 0.29) is 0 Å². The summed E-state index contributed by atoms with van der Waals surface area (Å²) in [5, 5.41) is 3.35. The van der Waals surface area contributed by atoms with Gasteiger partial charge in [-0.2, -0.15) is 0 Å². The van der Waals surface area contributed by atoms with Gasteiger partial charge < -0.3 is 19.4 Å². The largest absolute Gasteiger partial charge is 0.381 e. The Bertz CT molecular complexity index is 582. The molecule has 1 atom stereocenters. The number of hydrogen-bond donors (Lipinski definition) is 1. The molecule has 2 aromatic heterocycles. The molecule has 2 aromatic rings. The van der Waals surface area contributed by atoms with Crippen molar-refractivity contribution in [2.45, 2.75) is 25.5 Å². The van der Waals surface area contributed by atoms with Crippen molar-refractivity contribution >= 4 is 5.82 Å². The molecule has 0 aliphatic carbocycles. The summed E-state index contributed by atoms with van der Waals surface area (Å²) in [6.45, 7) is 3.57. The van der Waals surface area contributed by atoms with Crippen molar-refractivity contribution in [3.8, 4) is 0 Å². The maximum Gasteiger partial charge on any atom is 0.156 e. The molecule has 118 valence electrons. The topological polar surface area (TPSA) is 74.1 Å². The monoisotopic (exact) mass is 303 g/mol. The van der Waals surface area contributed by atoms with E-state index in [0.29, 0.717) is 18.3 Å². The smallest absolute Gasteiger partial charge is 0.156 e. The van der Waals surface area contributed by atoms with Gasteiger partial charge in [0.05, 0.1) is 18.6 Å². The quantitative estimate of drug-likeness (QED) is 0.834. The van der Waals surface area contributed by atoms with E-state index in [4.69, 9.17) is 9.47 Å². The van der Waals surface area contributed by atoms with E-state index in [1.807, 2.05) is 16.8 Å². The van der Waals surface area contributed by atoms with Crippen LogP contribution in [0.4, 0.5) is 5.82 Å². The molecule has 0 spiro atoms. The first kappa shape index (κ1) is 14.9. The van der Waals surface area contributed by atoms with Gasteiger partial charge in [0, 0.05) is 51.2 Å². The van der Waals surface area contributed by atoms with Crippen LogP contribution in [0.1, 0.15) is 23.9 Å². The molecule has 1 N–H and O–H groups in total. The predicted molar refractivity (Wildman–Crippen MR) is 81.6 cm³/mol. The van der Waals surface area contributed by atoms with Crippen LogP contribution in [0.15, 0.2) is 24.8 Å². The number of aromatic nitrogens is 4. The lowest BCUT2D eigenvalue weighted by atomic mass is 10.0. The van der Waals surface area contributed by atoms with Gasteiger partial charge in [-0.15, -0.1) is 0 Å². The molecule has 0 unspecified atom stereocenters. The summed E-state index contributed by atoms with van der Waals surface area (Å²) in [5.74, 6) is 1.90. The molecule has 3 heterocycles. The third-order valence-corrected chi connectivity index (χ3v) is 3.65. The molecular weight excluding hydrogens is 282 g/mol. The van der Waals surface area contributed by atoms with E-state index >= 15 is 0 Å². The molecule has 1 aliphatic heterocycles. The van der Waals surface area contributed by atoms with Crippen LogP contribution >= 0.6 is 0 Å². The minimum absolute atomic E-state index is 0.354. The number of anilines is 1. The summed E-state index contributed by atoms with van der Waals surface area (Å²) < 4.78 is 12.7. The van der Waals surface area contributed by atoms with Crippen molar-refractivity contribution in [3.05, 3.63) is 36.3 Å². The Morgan fingerprint density at radius 3 is 3.14 bits per heavy atom. The molecule has 0 aromatic carbocycles. The Hall–Kier alpha value is -1.99. The maximum atomic E-state index is 5.46. The second-order valence-electron chi connectivity index (χ2n) is 5.32. The molecule has 7 heteroatoms. The average molecular weight is 303 g/mol. The van der Waals surface area contributed by atoms with Gasteiger partial charge >= 0.3 is 0 Å². The highest BCUT2D eigenvalue weighted by Crippen LogP contribution is 2.25. The van der Waals surface area contributed by atoms with Crippen molar-refractivity contribution in [3.63, 3.8) is 0 Å². The van der Waals surface area contributed by atoms with Crippen LogP contribution in [0.3, 0.4) is 0 Å². The van der Waals surface area contributed by atoms with E-state index in [0.717, 1.165) is 44.2 Å². The van der Waals surface area contributed by atoms with Crippen LogP contribution in [0, 0.1) is 0 Å². The number of methoxy groups -OCH3 is 1. The molecular formula is C15H21N5O2. The van der Waals surface area contributed by atoms with Crippen molar-refractivity contribution in [2.24, 2.45) is 0 Å². The van der Waals surface area contributed by atoms with Gasteiger partial charge in [0.2, 0.25) is 0 Å². The SMILES string of the molecule is COCc1nc(NCCn2ccnc2)cc([C@@H]2CCOC2)n1. The fraction of sp³-hybridized carbons (Fsp3) is 0.533. The minimum Gasteiger partial charge on any atom is -0.381 e. The summed E-state index contributed by atoms with van der Waals surface area (Å²) >= 11 is 0. The van der Waals surface area contributed by atoms with Crippen molar-refractivity contribution in [2.75, 3.05) is 32.2 Å². The zero-order valence-corrected chi connectivity index (χ0v) is 12.7. The summed E-state index contributed by atoms with van der Waals surface area (Å²) in [5.41, 5.74) is 1.03. The number of imidazole rings is 1. The zero-order valence-electron chi connectivity index (χ0n) is 12.7. The maximum absolute atomic E-state index is 5.46. The highest BCUT2D eigenvalue weighted by Gasteiger charge is 2.20. The highest BCUT2D eigenvalue weighted by atomic mass is 16.5. The number of nitrogens with zero attached hydrogens (tertiary/aromatic N) is 4. The lowest BCUT2D eigenvalue weighted by Gasteiger charge is -2.13. The van der Waals surface area contributed by atoms with Gasteiger partial charge in [-0.05, 0) is 6.42 Å². The van der Waals surface area contributed by atoms with Gasteiger partial charge in [-0.25, -0.2) is 15.0 Å². The van der Waals surface area contributed by atoms with Crippen molar-refractivity contribution in [1.29, 1.82) is 0 Å². The summed E-state index contributed by atoms with van der Waals surface area (Å²) in [7, 11) is 1.65. The first-order valence-corrected chi connectivity index (χ1v) is 7.49. The van der Waals surface area contributed by atoms with Crippen LogP contribution in [-0.2, 0) is 22.6 Å².